The molecule has 2 N–H and O–H groups in total. The van der Waals surface area contributed by atoms with Gasteiger partial charge in [0, 0.05) is 25.5 Å². The molecule has 0 saturated carbocycles. The second-order valence-corrected chi connectivity index (χ2v) is 7.56. The van der Waals surface area contributed by atoms with Crippen LogP contribution in [0.5, 0.6) is 11.5 Å². The number of aromatic nitrogens is 1. The molecule has 1 aromatic heterocycles. The van der Waals surface area contributed by atoms with Crippen molar-refractivity contribution in [2.75, 3.05) is 12.4 Å². The molecule has 33 heavy (non-hydrogen) atoms. The third kappa shape index (κ3) is 5.17. The van der Waals surface area contributed by atoms with Gasteiger partial charge in [-0.1, -0.05) is 42.5 Å². The van der Waals surface area contributed by atoms with Gasteiger partial charge in [-0.25, -0.2) is 9.99 Å². The van der Waals surface area contributed by atoms with Gasteiger partial charge in [0.15, 0.2) is 11.6 Å². The zero-order valence-corrected chi connectivity index (χ0v) is 18.1. The van der Waals surface area contributed by atoms with Crippen LogP contribution in [0.4, 0.5) is 5.82 Å². The molecule has 2 aromatic carbocycles. The number of nitrogens with one attached hydrogen (secondary N) is 1. The van der Waals surface area contributed by atoms with E-state index in [-0.39, 0.29) is 36.4 Å². The lowest BCUT2D eigenvalue weighted by Gasteiger charge is -2.22. The number of carbonyl (C=O) groups excluding carboxylic acids is 2. The van der Waals surface area contributed by atoms with E-state index in [1.54, 1.807) is 13.2 Å². The minimum atomic E-state index is -0.412. The van der Waals surface area contributed by atoms with E-state index in [2.05, 4.69) is 15.4 Å². The summed E-state index contributed by atoms with van der Waals surface area (Å²) < 4.78 is 5.24. The minimum Gasteiger partial charge on any atom is -0.504 e. The summed E-state index contributed by atoms with van der Waals surface area (Å²) in [6.45, 7) is 0. The van der Waals surface area contributed by atoms with Crippen molar-refractivity contribution < 1.29 is 19.4 Å². The Labute approximate surface area is 191 Å². The van der Waals surface area contributed by atoms with Crippen molar-refractivity contribution in [2.45, 2.75) is 25.3 Å². The van der Waals surface area contributed by atoms with Crippen LogP contribution in [0, 0.1) is 0 Å². The van der Waals surface area contributed by atoms with Gasteiger partial charge in [0.1, 0.15) is 5.75 Å². The van der Waals surface area contributed by atoms with Gasteiger partial charge in [0.25, 0.3) is 0 Å². The number of anilines is 1. The number of hydrazone groups is 1. The predicted octanol–water partition coefficient (Wildman–Crippen LogP) is 3.89. The van der Waals surface area contributed by atoms with Crippen molar-refractivity contribution >= 4 is 23.3 Å². The molecule has 0 unspecified atom stereocenters. The van der Waals surface area contributed by atoms with Crippen LogP contribution in [0.3, 0.4) is 0 Å². The molecule has 0 aliphatic carbocycles. The molecule has 1 atom stereocenters. The van der Waals surface area contributed by atoms with Crippen molar-refractivity contribution in [3.63, 3.8) is 0 Å². The third-order valence-electron chi connectivity index (χ3n) is 5.38. The highest BCUT2D eigenvalue weighted by molar-refractivity contribution is 6.03. The lowest BCUT2D eigenvalue weighted by atomic mass is 9.98. The van der Waals surface area contributed by atoms with Gasteiger partial charge in [-0.15, -0.1) is 0 Å². The maximum absolute atomic E-state index is 13.1. The summed E-state index contributed by atoms with van der Waals surface area (Å²) in [6.07, 6.45) is 1.94. The van der Waals surface area contributed by atoms with E-state index in [1.807, 2.05) is 54.6 Å². The summed E-state index contributed by atoms with van der Waals surface area (Å²) in [5, 5.41) is 18.4. The number of benzene rings is 2. The van der Waals surface area contributed by atoms with Crippen molar-refractivity contribution in [3.8, 4) is 11.5 Å². The zero-order valence-electron chi connectivity index (χ0n) is 18.1. The number of methoxy groups -OCH3 is 1. The molecule has 0 saturated heterocycles. The number of aromatic hydroxyl groups is 1. The Morgan fingerprint density at radius 2 is 1.82 bits per heavy atom. The van der Waals surface area contributed by atoms with E-state index in [9.17, 15) is 14.7 Å². The molecule has 3 aromatic rings. The number of rotatable bonds is 7. The van der Waals surface area contributed by atoms with Crippen molar-refractivity contribution in [1.82, 2.24) is 9.99 Å². The summed E-state index contributed by atoms with van der Waals surface area (Å²) in [5.41, 5.74) is 2.70. The van der Waals surface area contributed by atoms with Crippen LogP contribution in [-0.4, -0.2) is 39.7 Å². The summed E-state index contributed by atoms with van der Waals surface area (Å²) in [6, 6.07) is 20.0. The molecule has 168 valence electrons. The van der Waals surface area contributed by atoms with Crippen LogP contribution >= 0.6 is 0 Å². The number of hydrogen-bond donors (Lipinski definition) is 2. The fourth-order valence-corrected chi connectivity index (χ4v) is 3.65. The predicted molar refractivity (Wildman–Crippen MR) is 124 cm³/mol. The van der Waals surface area contributed by atoms with E-state index < -0.39 is 5.91 Å². The monoisotopic (exact) mass is 444 g/mol. The van der Waals surface area contributed by atoms with Gasteiger partial charge in [-0.05, 0) is 35.4 Å². The number of pyridine rings is 1. The first-order chi connectivity index (χ1) is 16.0. The Morgan fingerprint density at radius 3 is 2.52 bits per heavy atom. The summed E-state index contributed by atoms with van der Waals surface area (Å²) in [7, 11) is 1.60. The normalized spacial score (nSPS) is 15.1. The fraction of sp³-hybridized carbons (Fsp3) is 0.200. The van der Waals surface area contributed by atoms with Crippen LogP contribution < -0.4 is 10.1 Å². The lowest BCUT2D eigenvalue weighted by molar-refractivity contribution is -0.134. The highest BCUT2D eigenvalue weighted by atomic mass is 16.5. The largest absolute Gasteiger partial charge is 0.504 e. The molecule has 8 heteroatoms. The average molecular weight is 444 g/mol. The number of carbonyl (C=O) groups is 2. The maximum atomic E-state index is 13.1. The second-order valence-electron chi connectivity index (χ2n) is 7.56. The topological polar surface area (TPSA) is 104 Å². The van der Waals surface area contributed by atoms with E-state index in [0.29, 0.717) is 6.42 Å². The third-order valence-corrected chi connectivity index (χ3v) is 5.38. The fourth-order valence-electron chi connectivity index (χ4n) is 3.65. The first-order valence-corrected chi connectivity index (χ1v) is 10.6. The van der Waals surface area contributed by atoms with Crippen molar-refractivity contribution in [3.05, 3.63) is 84.1 Å². The summed E-state index contributed by atoms with van der Waals surface area (Å²) in [4.78, 5) is 29.3. The molecule has 0 fully saturated rings. The number of hydrogen-bond acceptors (Lipinski definition) is 6. The van der Waals surface area contributed by atoms with Gasteiger partial charge >= 0.3 is 0 Å². The minimum absolute atomic E-state index is 0.0301. The maximum Gasteiger partial charge on any atom is 0.243 e. The molecular weight excluding hydrogens is 420 g/mol. The highest BCUT2D eigenvalue weighted by Crippen LogP contribution is 2.34. The molecule has 0 bridgehead atoms. The Kier molecular flexibility index (Phi) is 6.64. The van der Waals surface area contributed by atoms with E-state index in [0.717, 1.165) is 22.6 Å². The van der Waals surface area contributed by atoms with Crippen LogP contribution in [0.1, 0.15) is 36.4 Å². The molecule has 1 aliphatic heterocycles. The molecular formula is C25H24N4O4. The van der Waals surface area contributed by atoms with Crippen molar-refractivity contribution in [2.24, 2.45) is 5.10 Å². The molecule has 1 aliphatic rings. The molecule has 0 radical (unpaired) electrons. The summed E-state index contributed by atoms with van der Waals surface area (Å²) >= 11 is 0. The molecule has 2 heterocycles. The van der Waals surface area contributed by atoms with Gasteiger partial charge in [0.2, 0.25) is 11.8 Å². The standard InChI is InChI=1S/C25H24N4O4/c1-33-19-11-9-18(10-12-19)21-16-20(17-6-3-2-4-7-17)28-29(21)24(32)14-13-23(31)27-25-22(30)8-5-15-26-25/h2-12,15,21,30H,13-14,16H2,1H3,(H,26,27,31)/t21-/m0/s1. The first-order valence-electron chi connectivity index (χ1n) is 10.6. The first kappa shape index (κ1) is 22.0. The van der Waals surface area contributed by atoms with Crippen LogP contribution in [0.15, 0.2) is 78.0 Å². The Morgan fingerprint density at radius 1 is 1.06 bits per heavy atom. The second kappa shape index (κ2) is 9.95. The van der Waals surface area contributed by atoms with Gasteiger partial charge in [-0.3, -0.25) is 9.59 Å². The van der Waals surface area contributed by atoms with Crippen molar-refractivity contribution in [1.29, 1.82) is 0 Å². The zero-order chi connectivity index (χ0) is 23.2. The number of amides is 2. The van der Waals surface area contributed by atoms with Crippen LogP contribution in [0.2, 0.25) is 0 Å². The van der Waals surface area contributed by atoms with Crippen LogP contribution in [0.25, 0.3) is 0 Å². The van der Waals surface area contributed by atoms with Gasteiger partial charge in [-0.2, -0.15) is 5.10 Å². The Balaban J connectivity index is 1.49. The number of nitrogens with zero attached hydrogens (tertiary/aromatic N) is 3. The molecule has 2 amide bonds. The van der Waals surface area contributed by atoms with Crippen LogP contribution in [-0.2, 0) is 9.59 Å². The number of ether oxygens (including phenoxy) is 1. The van der Waals surface area contributed by atoms with E-state index in [1.165, 1.54) is 17.3 Å². The molecule has 0 spiro atoms. The molecule has 4 rings (SSSR count). The summed E-state index contributed by atoms with van der Waals surface area (Å²) in [5.74, 6) is -0.00905. The Bertz CT molecular complexity index is 1160. The van der Waals surface area contributed by atoms with E-state index in [4.69, 9.17) is 4.74 Å². The average Bonchev–Trinajstić information content (AvgIpc) is 3.30. The lowest BCUT2D eigenvalue weighted by Crippen LogP contribution is -2.28. The molecule has 8 nitrogen and oxygen atoms in total. The van der Waals surface area contributed by atoms with Gasteiger partial charge < -0.3 is 15.2 Å². The van der Waals surface area contributed by atoms with E-state index >= 15 is 0 Å². The SMILES string of the molecule is COc1ccc([C@@H]2CC(c3ccccc3)=NN2C(=O)CCC(=O)Nc2ncccc2O)cc1. The Hall–Kier alpha value is -4.20. The van der Waals surface area contributed by atoms with Gasteiger partial charge in [0.05, 0.1) is 18.9 Å². The smallest absolute Gasteiger partial charge is 0.243 e. The quantitative estimate of drug-likeness (QED) is 0.575. The highest BCUT2D eigenvalue weighted by Gasteiger charge is 2.33.